The van der Waals surface area contributed by atoms with Crippen LogP contribution >= 0.6 is 27.3 Å². The molecule has 0 radical (unpaired) electrons. The zero-order chi connectivity index (χ0) is 7.56. The molecule has 0 fully saturated rings. The second kappa shape index (κ2) is 3.16. The minimum atomic E-state index is 0.649. The van der Waals surface area contributed by atoms with Gasteiger partial charge in [-0.1, -0.05) is 5.16 Å². The summed E-state index contributed by atoms with van der Waals surface area (Å²) in [6, 6.07) is 3.83. The predicted octanol–water partition coefficient (Wildman–Crippen LogP) is 2.71. The fraction of sp³-hybridized carbons (Fsp3) is 0.167. The van der Waals surface area contributed by atoms with Gasteiger partial charge in [0.1, 0.15) is 0 Å². The van der Waals surface area contributed by atoms with Crippen LogP contribution < -0.4 is 0 Å². The Labute approximate surface area is 71.3 Å². The van der Waals surface area contributed by atoms with Crippen molar-refractivity contribution < 1.29 is 5.21 Å². The SMILES string of the molecule is C/C(=N/O)c1ccc(Br)s1. The molecule has 0 aliphatic carbocycles. The highest BCUT2D eigenvalue weighted by molar-refractivity contribution is 9.11. The Balaban J connectivity index is 2.95. The summed E-state index contributed by atoms with van der Waals surface area (Å²) in [7, 11) is 0. The Kier molecular flexibility index (Phi) is 2.45. The molecule has 1 aromatic heterocycles. The van der Waals surface area contributed by atoms with Crippen molar-refractivity contribution >= 4 is 33.0 Å². The third-order valence-electron chi connectivity index (χ3n) is 1.08. The van der Waals surface area contributed by atoms with E-state index in [0.29, 0.717) is 5.71 Å². The van der Waals surface area contributed by atoms with Crippen LogP contribution in [0.3, 0.4) is 0 Å². The second-order valence-corrected chi connectivity index (χ2v) is 4.25. The van der Waals surface area contributed by atoms with E-state index in [4.69, 9.17) is 5.21 Å². The van der Waals surface area contributed by atoms with Crippen LogP contribution in [0.5, 0.6) is 0 Å². The molecule has 0 saturated carbocycles. The van der Waals surface area contributed by atoms with Gasteiger partial charge in [0, 0.05) is 0 Å². The summed E-state index contributed by atoms with van der Waals surface area (Å²) in [4.78, 5) is 0.981. The molecule has 0 atom stereocenters. The van der Waals surface area contributed by atoms with Crippen LogP contribution in [-0.2, 0) is 0 Å². The monoisotopic (exact) mass is 219 g/mol. The number of hydrogen-bond donors (Lipinski definition) is 1. The lowest BCUT2D eigenvalue weighted by Gasteiger charge is -1.87. The number of oxime groups is 1. The van der Waals surface area contributed by atoms with Crippen molar-refractivity contribution in [2.24, 2.45) is 5.16 Å². The van der Waals surface area contributed by atoms with Gasteiger partial charge in [-0.2, -0.15) is 0 Å². The van der Waals surface area contributed by atoms with E-state index >= 15 is 0 Å². The second-order valence-electron chi connectivity index (χ2n) is 1.79. The van der Waals surface area contributed by atoms with Gasteiger partial charge in [0.2, 0.25) is 0 Å². The Morgan fingerprint density at radius 1 is 1.70 bits per heavy atom. The molecule has 0 spiro atoms. The Morgan fingerprint density at radius 2 is 2.40 bits per heavy atom. The van der Waals surface area contributed by atoms with Crippen molar-refractivity contribution in [3.8, 4) is 0 Å². The summed E-state index contributed by atoms with van der Waals surface area (Å²) in [5.74, 6) is 0. The summed E-state index contributed by atoms with van der Waals surface area (Å²) in [6.45, 7) is 1.76. The predicted molar refractivity (Wildman–Crippen MR) is 46.0 cm³/mol. The number of halogens is 1. The van der Waals surface area contributed by atoms with Crippen molar-refractivity contribution in [3.05, 3.63) is 20.8 Å². The van der Waals surface area contributed by atoms with Crippen LogP contribution in [0.1, 0.15) is 11.8 Å². The zero-order valence-corrected chi connectivity index (χ0v) is 7.74. The fourth-order valence-electron chi connectivity index (χ4n) is 0.558. The molecule has 1 rings (SSSR count). The molecule has 0 bridgehead atoms. The third kappa shape index (κ3) is 1.58. The first-order chi connectivity index (χ1) is 4.74. The van der Waals surface area contributed by atoms with E-state index in [-0.39, 0.29) is 0 Å². The highest BCUT2D eigenvalue weighted by atomic mass is 79.9. The van der Waals surface area contributed by atoms with Gasteiger partial charge in [-0.15, -0.1) is 11.3 Å². The summed E-state index contributed by atoms with van der Waals surface area (Å²) < 4.78 is 1.05. The van der Waals surface area contributed by atoms with Crippen molar-refractivity contribution in [3.63, 3.8) is 0 Å². The molecule has 0 aromatic carbocycles. The minimum absolute atomic E-state index is 0.649. The largest absolute Gasteiger partial charge is 0.411 e. The van der Waals surface area contributed by atoms with Crippen LogP contribution in [0, 0.1) is 0 Å². The first-order valence-electron chi connectivity index (χ1n) is 2.68. The Morgan fingerprint density at radius 3 is 2.80 bits per heavy atom. The van der Waals surface area contributed by atoms with Crippen LogP contribution in [0.4, 0.5) is 0 Å². The molecule has 1 heterocycles. The third-order valence-corrected chi connectivity index (χ3v) is 2.81. The summed E-state index contributed by atoms with van der Waals surface area (Å²) in [5.41, 5.74) is 0.649. The van der Waals surface area contributed by atoms with Crippen LogP contribution in [-0.4, -0.2) is 10.9 Å². The van der Waals surface area contributed by atoms with Gasteiger partial charge in [0.05, 0.1) is 14.4 Å². The van der Waals surface area contributed by atoms with E-state index in [9.17, 15) is 0 Å². The van der Waals surface area contributed by atoms with Gasteiger partial charge in [-0.05, 0) is 35.0 Å². The maximum atomic E-state index is 8.38. The van der Waals surface area contributed by atoms with E-state index < -0.39 is 0 Å². The topological polar surface area (TPSA) is 32.6 Å². The van der Waals surface area contributed by atoms with E-state index in [1.165, 1.54) is 0 Å². The minimum Gasteiger partial charge on any atom is -0.411 e. The molecular weight excluding hydrogens is 214 g/mol. The average Bonchev–Trinajstić information content (AvgIpc) is 2.34. The molecule has 10 heavy (non-hydrogen) atoms. The molecule has 54 valence electrons. The standard InChI is InChI=1S/C6H6BrNOS/c1-4(8-9)5-2-3-6(7)10-5/h2-3,9H,1H3/b8-4-. The lowest BCUT2D eigenvalue weighted by molar-refractivity contribution is 0.319. The van der Waals surface area contributed by atoms with Crippen LogP contribution in [0.15, 0.2) is 21.1 Å². The fourth-order valence-corrected chi connectivity index (χ4v) is 1.88. The number of nitrogens with zero attached hydrogens (tertiary/aromatic N) is 1. The molecule has 0 unspecified atom stereocenters. The smallest absolute Gasteiger partial charge is 0.0936 e. The number of rotatable bonds is 1. The van der Waals surface area contributed by atoms with Gasteiger partial charge < -0.3 is 5.21 Å². The van der Waals surface area contributed by atoms with Crippen LogP contribution in [0.2, 0.25) is 0 Å². The first kappa shape index (κ1) is 7.75. The van der Waals surface area contributed by atoms with Gasteiger partial charge in [0.15, 0.2) is 0 Å². The summed E-state index contributed by atoms with van der Waals surface area (Å²) >= 11 is 4.86. The maximum absolute atomic E-state index is 8.38. The van der Waals surface area contributed by atoms with E-state index in [2.05, 4.69) is 21.1 Å². The van der Waals surface area contributed by atoms with Crippen LogP contribution in [0.25, 0.3) is 0 Å². The molecule has 4 heteroatoms. The van der Waals surface area contributed by atoms with Gasteiger partial charge in [0.25, 0.3) is 0 Å². The number of thiophene rings is 1. The molecule has 1 N–H and O–H groups in total. The van der Waals surface area contributed by atoms with Crippen molar-refractivity contribution in [2.75, 3.05) is 0 Å². The Bertz CT molecular complexity index is 256. The zero-order valence-electron chi connectivity index (χ0n) is 5.34. The lowest BCUT2D eigenvalue weighted by Crippen LogP contribution is -1.87. The van der Waals surface area contributed by atoms with E-state index in [1.54, 1.807) is 18.3 Å². The van der Waals surface area contributed by atoms with Crippen molar-refractivity contribution in [2.45, 2.75) is 6.92 Å². The lowest BCUT2D eigenvalue weighted by atomic mass is 10.3. The molecule has 2 nitrogen and oxygen atoms in total. The van der Waals surface area contributed by atoms with Gasteiger partial charge in [-0.25, -0.2) is 0 Å². The van der Waals surface area contributed by atoms with Crippen molar-refractivity contribution in [1.82, 2.24) is 0 Å². The molecule has 0 aliphatic rings. The summed E-state index contributed by atoms with van der Waals surface area (Å²) in [6.07, 6.45) is 0. The Hall–Kier alpha value is -0.350. The molecular formula is C6H6BrNOS. The molecule has 1 aromatic rings. The van der Waals surface area contributed by atoms with E-state index in [1.807, 2.05) is 12.1 Å². The van der Waals surface area contributed by atoms with Gasteiger partial charge in [-0.3, -0.25) is 0 Å². The summed E-state index contributed by atoms with van der Waals surface area (Å²) in [5, 5.41) is 11.5. The highest BCUT2D eigenvalue weighted by Crippen LogP contribution is 2.22. The quantitative estimate of drug-likeness (QED) is 0.440. The number of hydrogen-bond acceptors (Lipinski definition) is 3. The van der Waals surface area contributed by atoms with Crippen molar-refractivity contribution in [1.29, 1.82) is 0 Å². The molecule has 0 saturated heterocycles. The first-order valence-corrected chi connectivity index (χ1v) is 4.29. The van der Waals surface area contributed by atoms with E-state index in [0.717, 1.165) is 8.66 Å². The van der Waals surface area contributed by atoms with Gasteiger partial charge >= 0.3 is 0 Å². The normalized spacial score (nSPS) is 12.0. The molecule has 0 amide bonds. The molecule has 0 aliphatic heterocycles. The average molecular weight is 220 g/mol. The maximum Gasteiger partial charge on any atom is 0.0936 e. The highest BCUT2D eigenvalue weighted by Gasteiger charge is 1.99.